The maximum absolute atomic E-state index is 4.39. The molecule has 0 saturated heterocycles. The van der Waals surface area contributed by atoms with Crippen LogP contribution >= 0.6 is 12.6 Å². The topological polar surface area (TPSA) is 0 Å². The van der Waals surface area contributed by atoms with Crippen molar-refractivity contribution in [3.8, 4) is 11.8 Å². The molecule has 3 atom stereocenters. The number of benzene rings is 1. The molecular weight excluding hydrogens is 609 g/mol. The lowest BCUT2D eigenvalue weighted by Crippen LogP contribution is -2.20. The molecule has 1 aromatic carbocycles. The Labute approximate surface area is 321 Å². The first kappa shape index (κ1) is 62.7. The summed E-state index contributed by atoms with van der Waals surface area (Å²) in [6, 6.07) is 9.05. The highest BCUT2D eigenvalue weighted by atomic mass is 32.1. The first-order valence-corrected chi connectivity index (χ1v) is 21.9. The molecule has 0 aliphatic rings. The molecule has 0 aliphatic carbocycles. The van der Waals surface area contributed by atoms with Crippen LogP contribution in [0.25, 0.3) is 0 Å². The van der Waals surface area contributed by atoms with Crippen molar-refractivity contribution < 1.29 is 0 Å². The number of rotatable bonds is 17. The van der Waals surface area contributed by atoms with E-state index >= 15 is 0 Å². The van der Waals surface area contributed by atoms with Crippen molar-refractivity contribution >= 4 is 12.6 Å². The second-order valence-electron chi connectivity index (χ2n) is 11.3. The Morgan fingerprint density at radius 3 is 1.59 bits per heavy atom. The summed E-state index contributed by atoms with van der Waals surface area (Å²) < 4.78 is 0. The van der Waals surface area contributed by atoms with E-state index in [0.29, 0.717) is 17.8 Å². The van der Waals surface area contributed by atoms with Gasteiger partial charge in [-0.3, -0.25) is 0 Å². The van der Waals surface area contributed by atoms with Gasteiger partial charge >= 0.3 is 0 Å². The molecule has 0 amide bonds. The number of thiol groups is 1. The number of aryl methyl sites for hydroxylation is 1. The molecule has 0 N–H and O–H groups in total. The summed E-state index contributed by atoms with van der Waals surface area (Å²) >= 11 is 4.39. The lowest BCUT2D eigenvalue weighted by Gasteiger charge is -2.29. The van der Waals surface area contributed by atoms with Gasteiger partial charge in [0.1, 0.15) is 0 Å². The molecule has 1 heteroatoms. The van der Waals surface area contributed by atoms with Crippen LogP contribution in [0.5, 0.6) is 0 Å². The second kappa shape index (κ2) is 61.8. The van der Waals surface area contributed by atoms with Crippen molar-refractivity contribution in [3.63, 3.8) is 0 Å². The second-order valence-corrected chi connectivity index (χ2v) is 11.7. The van der Waals surface area contributed by atoms with Crippen LogP contribution in [0.3, 0.4) is 0 Å². The zero-order chi connectivity index (χ0) is 39.7. The van der Waals surface area contributed by atoms with E-state index in [4.69, 9.17) is 0 Å². The van der Waals surface area contributed by atoms with Crippen LogP contribution in [-0.4, -0.2) is 5.75 Å². The van der Waals surface area contributed by atoms with E-state index in [-0.39, 0.29) is 0 Å². The molecule has 1 aromatic rings. The summed E-state index contributed by atoms with van der Waals surface area (Å²) in [4.78, 5) is 0. The van der Waals surface area contributed by atoms with E-state index < -0.39 is 0 Å². The van der Waals surface area contributed by atoms with Gasteiger partial charge in [0.15, 0.2) is 0 Å². The van der Waals surface area contributed by atoms with Crippen molar-refractivity contribution in [2.24, 2.45) is 11.8 Å². The predicted octanol–water partition coefficient (Wildman–Crippen LogP) is 17.9. The standard InChI is InChI=1S/C25H36S.C7H16.C5H12.C3H8.4C2H6/c1-6-11-21(12-7-2)18-20(5)25(13-8-3)24(9-4)23-15-10-14-22(19-23)16-17-26;1-3-5-7-6-4-2;1-3-5-4-2;1-3-2;4*1-2/h6,10-11,14-15,19-20,24-26H,1,7,9,12,16-18H2,2-5H3;3-7H2,1-2H3;3-5H2,1-2H3;3H2,1-2H3;4*1-2H3/b21-11+;;;;;;;. The molecule has 49 heavy (non-hydrogen) atoms. The quantitative estimate of drug-likeness (QED) is 0.0710. The maximum Gasteiger partial charge on any atom is 0.0299 e. The Kier molecular flexibility index (Phi) is 79.1. The normalized spacial score (nSPS) is 11.0. The summed E-state index contributed by atoms with van der Waals surface area (Å²) in [5.41, 5.74) is 4.30. The summed E-state index contributed by atoms with van der Waals surface area (Å²) in [6.07, 6.45) is 22.0. The van der Waals surface area contributed by atoms with Crippen molar-refractivity contribution in [2.45, 2.75) is 220 Å². The average molecular weight is 705 g/mol. The maximum atomic E-state index is 4.39. The van der Waals surface area contributed by atoms with E-state index in [1.165, 1.54) is 80.9 Å². The molecule has 0 aliphatic heterocycles. The Hall–Kier alpha value is -1.39. The van der Waals surface area contributed by atoms with Crippen molar-refractivity contribution in [1.82, 2.24) is 0 Å². The fraction of sp³-hybridized carbons (Fsp3) is 0.750. The molecule has 3 unspecified atom stereocenters. The Balaban J connectivity index is -0.000000125. The fourth-order valence-electron chi connectivity index (χ4n) is 4.92. The molecule has 0 aromatic heterocycles. The molecule has 0 spiro atoms. The zero-order valence-corrected chi connectivity index (χ0v) is 38.4. The van der Waals surface area contributed by atoms with Gasteiger partial charge < -0.3 is 0 Å². The van der Waals surface area contributed by atoms with Crippen LogP contribution in [0.4, 0.5) is 0 Å². The van der Waals surface area contributed by atoms with E-state index in [9.17, 15) is 0 Å². The lowest BCUT2D eigenvalue weighted by molar-refractivity contribution is 0.362. The Morgan fingerprint density at radius 2 is 1.24 bits per heavy atom. The highest BCUT2D eigenvalue weighted by molar-refractivity contribution is 7.80. The third-order valence-corrected chi connectivity index (χ3v) is 7.22. The Bertz CT molecular complexity index is 757. The largest absolute Gasteiger partial charge is 0.179 e. The van der Waals surface area contributed by atoms with Crippen LogP contribution in [0.15, 0.2) is 48.6 Å². The highest BCUT2D eigenvalue weighted by Crippen LogP contribution is 2.36. The van der Waals surface area contributed by atoms with Crippen molar-refractivity contribution in [1.29, 1.82) is 0 Å². The van der Waals surface area contributed by atoms with Gasteiger partial charge in [-0.05, 0) is 61.3 Å². The molecule has 294 valence electrons. The number of unbranched alkanes of at least 4 members (excludes halogenated alkanes) is 6. The van der Waals surface area contributed by atoms with Gasteiger partial charge in [0.2, 0.25) is 0 Å². The number of allylic oxidation sites excluding steroid dienone is 3. The van der Waals surface area contributed by atoms with Crippen LogP contribution in [0, 0.1) is 23.7 Å². The molecule has 0 fully saturated rings. The molecule has 0 bridgehead atoms. The minimum atomic E-state index is 0.376. The first-order valence-electron chi connectivity index (χ1n) is 21.3. The molecule has 0 nitrogen and oxygen atoms in total. The van der Waals surface area contributed by atoms with Crippen molar-refractivity contribution in [3.05, 3.63) is 59.7 Å². The van der Waals surface area contributed by atoms with Gasteiger partial charge in [0, 0.05) is 5.92 Å². The average Bonchev–Trinajstić information content (AvgIpc) is 3.14. The lowest BCUT2D eigenvalue weighted by atomic mass is 9.74. The molecule has 0 heterocycles. The van der Waals surface area contributed by atoms with E-state index in [2.05, 4.69) is 124 Å². The summed E-state index contributed by atoms with van der Waals surface area (Å²) in [5.74, 6) is 9.03. The third-order valence-electron chi connectivity index (χ3n) is 7.00. The minimum absolute atomic E-state index is 0.376. The highest BCUT2D eigenvalue weighted by Gasteiger charge is 2.26. The van der Waals surface area contributed by atoms with Gasteiger partial charge in [0.05, 0.1) is 0 Å². The molecular formula is C48H96S. The van der Waals surface area contributed by atoms with Gasteiger partial charge in [-0.25, -0.2) is 0 Å². The smallest absolute Gasteiger partial charge is 0.0299 e. The molecule has 1 rings (SSSR count). The van der Waals surface area contributed by atoms with Gasteiger partial charge in [-0.2, -0.15) is 12.6 Å². The first-order chi connectivity index (χ1) is 23.8. The van der Waals surface area contributed by atoms with Crippen molar-refractivity contribution in [2.75, 3.05) is 5.75 Å². The third kappa shape index (κ3) is 46.6. The van der Waals surface area contributed by atoms with Crippen LogP contribution in [0.1, 0.15) is 225 Å². The van der Waals surface area contributed by atoms with E-state index in [1.807, 2.05) is 68.4 Å². The van der Waals surface area contributed by atoms with Crippen LogP contribution < -0.4 is 0 Å². The number of hydrogen-bond donors (Lipinski definition) is 1. The van der Waals surface area contributed by atoms with Crippen LogP contribution in [-0.2, 0) is 6.42 Å². The Morgan fingerprint density at radius 1 is 0.755 bits per heavy atom. The van der Waals surface area contributed by atoms with Crippen LogP contribution in [0.2, 0.25) is 0 Å². The molecule has 0 radical (unpaired) electrons. The monoisotopic (exact) mass is 705 g/mol. The zero-order valence-electron chi connectivity index (χ0n) is 37.5. The summed E-state index contributed by atoms with van der Waals surface area (Å²) in [5, 5.41) is 0. The number of hydrogen-bond acceptors (Lipinski definition) is 1. The summed E-state index contributed by atoms with van der Waals surface area (Å²) in [7, 11) is 0. The minimum Gasteiger partial charge on any atom is -0.179 e. The van der Waals surface area contributed by atoms with E-state index in [0.717, 1.165) is 31.4 Å². The SMILES string of the molecule is C=C/C=C(\CCC)CC(C)C(C#CC)C(CC)c1cccc(CCS)c1.CC.CC.CC.CC.CCC.CCCCC.CCCCCCC. The van der Waals surface area contributed by atoms with Gasteiger partial charge in [-0.15, -0.1) is 5.92 Å². The summed E-state index contributed by atoms with van der Waals surface area (Å²) in [6.45, 7) is 41.9. The fourth-order valence-corrected chi connectivity index (χ4v) is 5.18. The van der Waals surface area contributed by atoms with Gasteiger partial charge in [0.25, 0.3) is 0 Å². The van der Waals surface area contributed by atoms with Gasteiger partial charge in [-0.1, -0.05) is 236 Å². The van der Waals surface area contributed by atoms with E-state index in [1.54, 1.807) is 0 Å². The predicted molar refractivity (Wildman–Crippen MR) is 242 cm³/mol. The molecule has 0 saturated carbocycles.